The first kappa shape index (κ1) is 21.3. The van der Waals surface area contributed by atoms with Crippen LogP contribution in [0.1, 0.15) is 25.3 Å². The second-order valence-electron chi connectivity index (χ2n) is 6.25. The summed E-state index contributed by atoms with van der Waals surface area (Å²) in [5.74, 6) is 0.201. The van der Waals surface area contributed by atoms with Gasteiger partial charge in [-0.25, -0.2) is 4.79 Å². The molecule has 0 aliphatic rings. The summed E-state index contributed by atoms with van der Waals surface area (Å²) in [6.45, 7) is 10.9. The molecule has 0 unspecified atom stereocenters. The Bertz CT molecular complexity index is 1260. The molecule has 0 aliphatic carbocycles. The minimum atomic E-state index is -0.887. The maximum absolute atomic E-state index is 12.1. The summed E-state index contributed by atoms with van der Waals surface area (Å²) < 4.78 is 11.7. The van der Waals surface area contributed by atoms with Gasteiger partial charge < -0.3 is 14.3 Å². The topological polar surface area (TPSA) is 116 Å². The Morgan fingerprint density at radius 3 is 2.40 bits per heavy atom. The van der Waals surface area contributed by atoms with Crippen molar-refractivity contribution in [3.05, 3.63) is 66.1 Å². The van der Waals surface area contributed by atoms with Crippen molar-refractivity contribution in [2.75, 3.05) is 7.11 Å². The van der Waals surface area contributed by atoms with Crippen molar-refractivity contribution in [1.29, 1.82) is 0 Å². The average molecular weight is 449 g/mol. The molecule has 3 aromatic rings. The number of rotatable bonds is 5. The summed E-state index contributed by atoms with van der Waals surface area (Å²) in [7, 11) is 1.50. The highest BCUT2D eigenvalue weighted by Gasteiger charge is 2.18. The van der Waals surface area contributed by atoms with E-state index in [-0.39, 0.29) is 33.3 Å². The first-order chi connectivity index (χ1) is 14.2. The van der Waals surface area contributed by atoms with Crippen LogP contribution in [0, 0.1) is 6.57 Å². The zero-order valence-corrected chi connectivity index (χ0v) is 17.4. The Kier molecular flexibility index (Phi) is 6.05. The van der Waals surface area contributed by atoms with Crippen molar-refractivity contribution < 1.29 is 9.47 Å². The van der Waals surface area contributed by atoms with Crippen LogP contribution in [0.25, 0.3) is 10.5 Å². The molecule has 1 aromatic carbocycles. The van der Waals surface area contributed by atoms with E-state index in [9.17, 15) is 9.59 Å². The molecule has 2 heterocycles. The van der Waals surface area contributed by atoms with E-state index in [4.69, 9.17) is 39.2 Å². The third-order valence-electron chi connectivity index (χ3n) is 3.93. The molecule has 2 aromatic heterocycles. The van der Waals surface area contributed by atoms with E-state index < -0.39 is 17.1 Å². The quantitative estimate of drug-likeness (QED) is 0.593. The van der Waals surface area contributed by atoms with E-state index in [0.29, 0.717) is 5.88 Å². The van der Waals surface area contributed by atoms with Crippen LogP contribution >= 0.6 is 23.2 Å². The molecule has 1 N–H and O–H groups in total. The van der Waals surface area contributed by atoms with Gasteiger partial charge in [-0.3, -0.25) is 9.78 Å². The van der Waals surface area contributed by atoms with Crippen molar-refractivity contribution in [3.8, 4) is 23.2 Å². The predicted molar refractivity (Wildman–Crippen MR) is 109 cm³/mol. The standard InChI is InChI=1S/C18H14Cl2N6O4/c1-8(2)10-7-13(23-24-17(10)29-4)30-14-11(19)5-9(6-12(14)20)26-18(28)22-16(27)15(21-3)25-26/h5-8H,1-2,4H3,(H,22,27,28). The van der Waals surface area contributed by atoms with Gasteiger partial charge >= 0.3 is 11.5 Å². The summed E-state index contributed by atoms with van der Waals surface area (Å²) in [6, 6.07) is 4.36. The van der Waals surface area contributed by atoms with Gasteiger partial charge in [0.1, 0.15) is 0 Å². The molecule has 154 valence electrons. The maximum Gasteiger partial charge on any atom is 0.365 e. The Hall–Kier alpha value is -3.42. The van der Waals surface area contributed by atoms with Crippen LogP contribution in [0.4, 0.5) is 5.82 Å². The van der Waals surface area contributed by atoms with Gasteiger partial charge in [-0.2, -0.15) is 0 Å². The Balaban J connectivity index is 2.03. The zero-order valence-electron chi connectivity index (χ0n) is 15.9. The van der Waals surface area contributed by atoms with Crippen LogP contribution < -0.4 is 20.7 Å². The summed E-state index contributed by atoms with van der Waals surface area (Å²) >= 11 is 12.6. The molecule has 0 spiro atoms. The molecule has 10 nitrogen and oxygen atoms in total. The summed E-state index contributed by atoms with van der Waals surface area (Å²) in [6.07, 6.45) is 0. The molecule has 12 heteroatoms. The van der Waals surface area contributed by atoms with Crippen LogP contribution in [0.2, 0.25) is 10.0 Å². The molecule has 3 rings (SSSR count). The average Bonchev–Trinajstić information content (AvgIpc) is 2.70. The number of methoxy groups -OCH3 is 1. The number of hydrogen-bond donors (Lipinski definition) is 1. The Morgan fingerprint density at radius 2 is 1.83 bits per heavy atom. The number of ether oxygens (including phenoxy) is 2. The molecular weight excluding hydrogens is 435 g/mol. The smallest absolute Gasteiger partial charge is 0.365 e. The van der Waals surface area contributed by atoms with Crippen LogP contribution in [0.5, 0.6) is 17.5 Å². The lowest BCUT2D eigenvalue weighted by Gasteiger charge is -2.13. The van der Waals surface area contributed by atoms with Gasteiger partial charge in [0.2, 0.25) is 11.8 Å². The van der Waals surface area contributed by atoms with Gasteiger partial charge in [-0.05, 0) is 23.1 Å². The number of halogens is 2. The first-order valence-corrected chi connectivity index (χ1v) is 9.20. The number of aromatic amines is 1. The SMILES string of the molecule is [C-]#[N+]c1nn(-c2cc(Cl)c(Oc3cc(C(C)C)c(OC)nn3)c(Cl)c2)c(=O)[nH]c1=O. The van der Waals surface area contributed by atoms with Gasteiger partial charge in [0.05, 0.1) is 22.8 Å². The van der Waals surface area contributed by atoms with E-state index in [0.717, 1.165) is 10.2 Å². The van der Waals surface area contributed by atoms with E-state index in [2.05, 4.69) is 20.1 Å². The number of benzene rings is 1. The minimum absolute atomic E-state index is 0.0467. The molecule has 0 saturated heterocycles. The van der Waals surface area contributed by atoms with Crippen LogP contribution in [-0.2, 0) is 0 Å². The van der Waals surface area contributed by atoms with Gasteiger partial charge in [0.15, 0.2) is 5.75 Å². The number of aromatic nitrogens is 5. The molecular formula is C18H14Cl2N6O4. The number of hydrogen-bond acceptors (Lipinski definition) is 7. The molecule has 0 amide bonds. The fourth-order valence-electron chi connectivity index (χ4n) is 2.51. The second-order valence-corrected chi connectivity index (χ2v) is 7.06. The minimum Gasteiger partial charge on any atom is -0.480 e. The van der Waals surface area contributed by atoms with Gasteiger partial charge in [-0.1, -0.05) is 43.6 Å². The summed E-state index contributed by atoms with van der Waals surface area (Å²) in [5.41, 5.74) is -0.826. The zero-order chi connectivity index (χ0) is 22.0. The van der Waals surface area contributed by atoms with E-state index in [1.54, 1.807) is 6.07 Å². The molecule has 0 bridgehead atoms. The highest BCUT2D eigenvalue weighted by molar-refractivity contribution is 6.37. The number of H-pyrrole nitrogens is 1. The number of nitrogens with zero attached hydrogens (tertiary/aromatic N) is 5. The van der Waals surface area contributed by atoms with E-state index in [1.165, 1.54) is 19.2 Å². The predicted octanol–water partition coefficient (Wildman–Crippen LogP) is 3.49. The molecule has 30 heavy (non-hydrogen) atoms. The molecule has 0 radical (unpaired) electrons. The van der Waals surface area contributed by atoms with Gasteiger partial charge in [0.25, 0.3) is 5.56 Å². The second kappa shape index (κ2) is 8.52. The summed E-state index contributed by atoms with van der Waals surface area (Å²) in [4.78, 5) is 28.6. The Morgan fingerprint density at radius 1 is 1.17 bits per heavy atom. The normalized spacial score (nSPS) is 10.7. The van der Waals surface area contributed by atoms with Gasteiger partial charge in [0, 0.05) is 11.6 Å². The van der Waals surface area contributed by atoms with Crippen molar-refractivity contribution in [1.82, 2.24) is 25.0 Å². The highest BCUT2D eigenvalue weighted by Crippen LogP contribution is 2.38. The number of nitrogens with one attached hydrogen (secondary N) is 1. The third kappa shape index (κ3) is 4.12. The van der Waals surface area contributed by atoms with Crippen molar-refractivity contribution in [3.63, 3.8) is 0 Å². The van der Waals surface area contributed by atoms with Crippen molar-refractivity contribution >= 4 is 29.0 Å². The fraction of sp³-hybridized carbons (Fsp3) is 0.222. The third-order valence-corrected chi connectivity index (χ3v) is 4.49. The van der Waals surface area contributed by atoms with E-state index in [1.807, 2.05) is 18.8 Å². The molecule has 0 saturated carbocycles. The van der Waals surface area contributed by atoms with Gasteiger partial charge in [-0.15, -0.1) is 14.9 Å². The molecule has 0 fully saturated rings. The van der Waals surface area contributed by atoms with Crippen molar-refractivity contribution in [2.45, 2.75) is 19.8 Å². The molecule has 0 aliphatic heterocycles. The van der Waals surface area contributed by atoms with Crippen LogP contribution in [-0.4, -0.2) is 32.1 Å². The lowest BCUT2D eigenvalue weighted by Crippen LogP contribution is -2.30. The fourth-order valence-corrected chi connectivity index (χ4v) is 3.06. The lowest BCUT2D eigenvalue weighted by molar-refractivity contribution is 0.375. The van der Waals surface area contributed by atoms with Crippen molar-refractivity contribution in [2.24, 2.45) is 0 Å². The van der Waals surface area contributed by atoms with Crippen LogP contribution in [0.3, 0.4) is 0 Å². The summed E-state index contributed by atoms with van der Waals surface area (Å²) in [5, 5.41) is 11.7. The largest absolute Gasteiger partial charge is 0.480 e. The Labute approximate surface area is 179 Å². The van der Waals surface area contributed by atoms with E-state index >= 15 is 0 Å². The molecule has 0 atom stereocenters. The van der Waals surface area contributed by atoms with Crippen LogP contribution in [0.15, 0.2) is 27.8 Å². The first-order valence-electron chi connectivity index (χ1n) is 8.45. The monoisotopic (exact) mass is 448 g/mol. The lowest BCUT2D eigenvalue weighted by atomic mass is 10.1. The highest BCUT2D eigenvalue weighted by atomic mass is 35.5. The maximum atomic E-state index is 12.1.